The monoisotopic (exact) mass is 338 g/mol. The van der Waals surface area contributed by atoms with Crippen molar-refractivity contribution in [3.8, 4) is 11.3 Å². The van der Waals surface area contributed by atoms with Crippen LogP contribution in [0.3, 0.4) is 0 Å². The molecule has 0 radical (unpaired) electrons. The smallest absolute Gasteiger partial charge is 0.237 e. The second kappa shape index (κ2) is 8.12. The van der Waals surface area contributed by atoms with Gasteiger partial charge in [0, 0.05) is 19.0 Å². The van der Waals surface area contributed by atoms with Crippen molar-refractivity contribution in [3.63, 3.8) is 0 Å². The van der Waals surface area contributed by atoms with Crippen LogP contribution in [0.4, 0.5) is 0 Å². The number of nitrogens with one attached hydrogen (secondary N) is 2. The fourth-order valence-electron chi connectivity index (χ4n) is 3.38. The van der Waals surface area contributed by atoms with Gasteiger partial charge < -0.3 is 10.3 Å². The predicted molar refractivity (Wildman–Crippen MR) is 100 cm³/mol. The molecule has 2 aromatic rings. The highest BCUT2D eigenvalue weighted by atomic mass is 16.2. The number of aromatic amines is 1. The Hall–Kier alpha value is -2.40. The molecule has 132 valence electrons. The van der Waals surface area contributed by atoms with Crippen molar-refractivity contribution in [1.29, 1.82) is 0 Å². The van der Waals surface area contributed by atoms with Crippen LogP contribution in [0, 0.1) is 0 Å². The van der Waals surface area contributed by atoms with E-state index in [-0.39, 0.29) is 11.9 Å². The lowest BCUT2D eigenvalue weighted by Crippen LogP contribution is -2.48. The fraction of sp³-hybridized carbons (Fsp3) is 0.400. The Morgan fingerprint density at radius 3 is 3.04 bits per heavy atom. The molecule has 5 heteroatoms. The summed E-state index contributed by atoms with van der Waals surface area (Å²) in [6, 6.07) is 10.1. The van der Waals surface area contributed by atoms with Crippen molar-refractivity contribution in [1.82, 2.24) is 20.2 Å². The molecule has 1 aromatic heterocycles. The summed E-state index contributed by atoms with van der Waals surface area (Å²) in [6.07, 6.45) is 5.78. The first kappa shape index (κ1) is 17.4. The molecular weight excluding hydrogens is 312 g/mol. The quantitative estimate of drug-likeness (QED) is 0.796. The minimum Gasteiger partial charge on any atom is -0.351 e. The molecule has 0 spiro atoms. The van der Waals surface area contributed by atoms with Crippen LogP contribution >= 0.6 is 0 Å². The number of carbonyl (C=O) groups excluding carboxylic acids is 1. The van der Waals surface area contributed by atoms with Gasteiger partial charge in [0.25, 0.3) is 0 Å². The molecule has 1 aromatic carbocycles. The van der Waals surface area contributed by atoms with E-state index in [9.17, 15) is 4.79 Å². The Bertz CT molecular complexity index is 709. The van der Waals surface area contributed by atoms with Crippen molar-refractivity contribution in [2.75, 3.05) is 19.6 Å². The SMILES string of the molecule is C=CCNC(=O)[C@@H](C)N1CCC[C@H](c2ncc(-c3ccccc3)[nH]2)C1. The van der Waals surface area contributed by atoms with Crippen LogP contribution in [0.1, 0.15) is 31.5 Å². The van der Waals surface area contributed by atoms with Gasteiger partial charge in [-0.3, -0.25) is 9.69 Å². The van der Waals surface area contributed by atoms with E-state index >= 15 is 0 Å². The highest BCUT2D eigenvalue weighted by Crippen LogP contribution is 2.28. The number of hydrogen-bond donors (Lipinski definition) is 2. The van der Waals surface area contributed by atoms with E-state index in [4.69, 9.17) is 0 Å². The lowest BCUT2D eigenvalue weighted by molar-refractivity contribution is -0.126. The number of nitrogens with zero attached hydrogens (tertiary/aromatic N) is 2. The zero-order valence-electron chi connectivity index (χ0n) is 14.7. The first-order valence-corrected chi connectivity index (χ1v) is 8.92. The number of hydrogen-bond acceptors (Lipinski definition) is 3. The molecular formula is C20H26N4O. The van der Waals surface area contributed by atoms with Gasteiger partial charge in [-0.25, -0.2) is 4.98 Å². The molecule has 0 bridgehead atoms. The first-order valence-electron chi connectivity index (χ1n) is 8.92. The largest absolute Gasteiger partial charge is 0.351 e. The number of H-pyrrole nitrogens is 1. The van der Waals surface area contributed by atoms with Gasteiger partial charge in [-0.15, -0.1) is 6.58 Å². The van der Waals surface area contributed by atoms with Crippen molar-refractivity contribution in [2.24, 2.45) is 0 Å². The number of carbonyl (C=O) groups is 1. The van der Waals surface area contributed by atoms with Gasteiger partial charge in [0.2, 0.25) is 5.91 Å². The van der Waals surface area contributed by atoms with E-state index in [0.717, 1.165) is 43.0 Å². The number of amides is 1. The highest BCUT2D eigenvalue weighted by Gasteiger charge is 2.29. The minimum atomic E-state index is -0.133. The summed E-state index contributed by atoms with van der Waals surface area (Å²) < 4.78 is 0. The van der Waals surface area contributed by atoms with Crippen molar-refractivity contribution in [3.05, 3.63) is 55.0 Å². The number of rotatable bonds is 6. The molecule has 1 amide bonds. The third kappa shape index (κ3) is 4.17. The van der Waals surface area contributed by atoms with Crippen LogP contribution in [0.5, 0.6) is 0 Å². The maximum Gasteiger partial charge on any atom is 0.237 e. The topological polar surface area (TPSA) is 61.0 Å². The maximum atomic E-state index is 12.2. The Labute approximate surface area is 149 Å². The Balaban J connectivity index is 1.66. The maximum absolute atomic E-state index is 12.2. The van der Waals surface area contributed by atoms with Crippen LogP contribution in [-0.2, 0) is 4.79 Å². The van der Waals surface area contributed by atoms with Crippen LogP contribution in [0.15, 0.2) is 49.2 Å². The molecule has 2 N–H and O–H groups in total. The number of aromatic nitrogens is 2. The van der Waals surface area contributed by atoms with E-state index in [2.05, 4.69) is 38.9 Å². The number of benzene rings is 1. The summed E-state index contributed by atoms with van der Waals surface area (Å²) in [5.74, 6) is 1.41. The predicted octanol–water partition coefficient (Wildman–Crippen LogP) is 2.95. The number of imidazole rings is 1. The molecule has 2 atom stereocenters. The molecule has 0 saturated carbocycles. The fourth-order valence-corrected chi connectivity index (χ4v) is 3.38. The molecule has 3 rings (SSSR count). The molecule has 5 nitrogen and oxygen atoms in total. The van der Waals surface area contributed by atoms with Gasteiger partial charge in [0.15, 0.2) is 0 Å². The van der Waals surface area contributed by atoms with Crippen LogP contribution < -0.4 is 5.32 Å². The van der Waals surface area contributed by atoms with Crippen molar-refractivity contribution in [2.45, 2.75) is 31.7 Å². The molecule has 25 heavy (non-hydrogen) atoms. The van der Waals surface area contributed by atoms with Gasteiger partial charge >= 0.3 is 0 Å². The zero-order valence-corrected chi connectivity index (χ0v) is 14.7. The average molecular weight is 338 g/mol. The van der Waals surface area contributed by atoms with E-state index in [1.807, 2.05) is 31.3 Å². The first-order chi connectivity index (χ1) is 12.2. The number of likely N-dealkylation sites (tertiary alicyclic amines) is 1. The summed E-state index contributed by atoms with van der Waals surface area (Å²) in [4.78, 5) is 22.5. The molecule has 1 fully saturated rings. The lowest BCUT2D eigenvalue weighted by Gasteiger charge is -2.35. The summed E-state index contributed by atoms with van der Waals surface area (Å²) >= 11 is 0. The lowest BCUT2D eigenvalue weighted by atomic mass is 9.96. The van der Waals surface area contributed by atoms with Crippen LogP contribution in [-0.4, -0.2) is 46.5 Å². The van der Waals surface area contributed by atoms with Gasteiger partial charge in [-0.1, -0.05) is 36.4 Å². The van der Waals surface area contributed by atoms with Crippen LogP contribution in [0.25, 0.3) is 11.3 Å². The van der Waals surface area contributed by atoms with Crippen LogP contribution in [0.2, 0.25) is 0 Å². The Kier molecular flexibility index (Phi) is 5.66. The summed E-state index contributed by atoms with van der Waals surface area (Å²) in [5.41, 5.74) is 2.19. The molecule has 1 saturated heterocycles. The van der Waals surface area contributed by atoms with Gasteiger partial charge in [0.1, 0.15) is 5.82 Å². The summed E-state index contributed by atoms with van der Waals surface area (Å²) in [6.45, 7) is 7.93. The molecule has 0 unspecified atom stereocenters. The standard InChI is InChI=1S/C20H26N4O/c1-3-11-21-20(25)15(2)24-12-7-10-17(14-24)19-22-13-18(23-19)16-8-5-4-6-9-16/h3-6,8-9,13,15,17H,1,7,10-12,14H2,2H3,(H,21,25)(H,22,23)/t15-,17+/m1/s1. The van der Waals surface area contributed by atoms with E-state index in [1.54, 1.807) is 6.08 Å². The normalized spacial score (nSPS) is 19.3. The van der Waals surface area contributed by atoms with Gasteiger partial charge in [0.05, 0.1) is 17.9 Å². The summed E-state index contributed by atoms with van der Waals surface area (Å²) in [5, 5.41) is 2.89. The molecule has 1 aliphatic heterocycles. The molecule has 2 heterocycles. The minimum absolute atomic E-state index is 0.0602. The number of piperidine rings is 1. The molecule has 1 aliphatic rings. The third-order valence-corrected chi connectivity index (χ3v) is 4.87. The van der Waals surface area contributed by atoms with E-state index < -0.39 is 0 Å². The average Bonchev–Trinajstić information content (AvgIpc) is 3.16. The second-order valence-corrected chi connectivity index (χ2v) is 6.59. The Morgan fingerprint density at radius 2 is 2.28 bits per heavy atom. The second-order valence-electron chi connectivity index (χ2n) is 6.59. The highest BCUT2D eigenvalue weighted by molar-refractivity contribution is 5.81. The third-order valence-electron chi connectivity index (χ3n) is 4.87. The van der Waals surface area contributed by atoms with Crippen molar-refractivity contribution >= 4 is 5.91 Å². The van der Waals surface area contributed by atoms with Gasteiger partial charge in [-0.05, 0) is 31.9 Å². The summed E-state index contributed by atoms with van der Waals surface area (Å²) in [7, 11) is 0. The van der Waals surface area contributed by atoms with Gasteiger partial charge in [-0.2, -0.15) is 0 Å². The molecule has 0 aliphatic carbocycles. The van der Waals surface area contributed by atoms with E-state index in [1.165, 1.54) is 0 Å². The van der Waals surface area contributed by atoms with Crippen molar-refractivity contribution < 1.29 is 4.79 Å². The zero-order chi connectivity index (χ0) is 17.6. The Morgan fingerprint density at radius 1 is 1.48 bits per heavy atom. The van der Waals surface area contributed by atoms with E-state index in [0.29, 0.717) is 12.5 Å².